The highest BCUT2D eigenvalue weighted by Gasteiger charge is 2.33. The number of rotatable bonds is 3. The smallest absolute Gasteiger partial charge is 0.254 e. The number of amides is 1. The number of nitrogens with zero attached hydrogens (tertiary/aromatic N) is 1. The van der Waals surface area contributed by atoms with E-state index in [1.165, 1.54) is 0 Å². The van der Waals surface area contributed by atoms with Crippen molar-refractivity contribution in [2.45, 2.75) is 19.1 Å². The summed E-state index contributed by atoms with van der Waals surface area (Å²) in [7, 11) is 1.60. The number of hydrogen-bond acceptors (Lipinski definition) is 3. The normalized spacial score (nSPS) is 21.0. The summed E-state index contributed by atoms with van der Waals surface area (Å²) in [5.41, 5.74) is 1.74. The Morgan fingerprint density at radius 2 is 1.96 bits per heavy atom. The number of ether oxygens (including phenoxy) is 2. The van der Waals surface area contributed by atoms with Gasteiger partial charge in [0.15, 0.2) is 0 Å². The molecule has 0 N–H and O–H groups in total. The van der Waals surface area contributed by atoms with Gasteiger partial charge in [-0.1, -0.05) is 36.4 Å². The van der Waals surface area contributed by atoms with Crippen molar-refractivity contribution in [1.82, 2.24) is 4.90 Å². The van der Waals surface area contributed by atoms with Crippen molar-refractivity contribution in [3.8, 4) is 5.75 Å². The topological polar surface area (TPSA) is 38.8 Å². The van der Waals surface area contributed by atoms with Crippen LogP contribution in [-0.2, 0) is 4.74 Å². The summed E-state index contributed by atoms with van der Waals surface area (Å²) in [5, 5.41) is 0. The number of carbonyl (C=O) groups is 1. The summed E-state index contributed by atoms with van der Waals surface area (Å²) in [6.07, 6.45) is -0.0977. The molecule has 0 spiro atoms. The Balaban J connectivity index is 1.83. The third-order valence-electron chi connectivity index (χ3n) is 4.27. The van der Waals surface area contributed by atoms with Crippen molar-refractivity contribution >= 4 is 5.91 Å². The average molecular weight is 311 g/mol. The Bertz CT molecular complexity index is 671. The van der Waals surface area contributed by atoms with Crippen molar-refractivity contribution in [3.05, 3.63) is 65.7 Å². The first-order chi connectivity index (χ1) is 11.2. The van der Waals surface area contributed by atoms with E-state index in [-0.39, 0.29) is 18.1 Å². The fourth-order valence-electron chi connectivity index (χ4n) is 3.01. The molecule has 2 aromatic carbocycles. The maximum Gasteiger partial charge on any atom is 0.254 e. The zero-order valence-corrected chi connectivity index (χ0v) is 13.4. The molecule has 3 rings (SSSR count). The van der Waals surface area contributed by atoms with Crippen LogP contribution in [0.1, 0.15) is 28.9 Å². The lowest BCUT2D eigenvalue weighted by molar-refractivity contribution is -0.0551. The fourth-order valence-corrected chi connectivity index (χ4v) is 3.01. The Kier molecular flexibility index (Phi) is 4.63. The average Bonchev–Trinajstić information content (AvgIpc) is 2.62. The molecule has 1 saturated heterocycles. The van der Waals surface area contributed by atoms with Gasteiger partial charge >= 0.3 is 0 Å². The van der Waals surface area contributed by atoms with Crippen molar-refractivity contribution in [1.29, 1.82) is 0 Å². The molecule has 1 amide bonds. The van der Waals surface area contributed by atoms with Gasteiger partial charge in [-0.05, 0) is 30.7 Å². The highest BCUT2D eigenvalue weighted by atomic mass is 16.5. The summed E-state index contributed by atoms with van der Waals surface area (Å²) < 4.78 is 11.1. The number of carbonyl (C=O) groups excluding carboxylic acids is 1. The molecular weight excluding hydrogens is 290 g/mol. The van der Waals surface area contributed by atoms with Crippen LogP contribution in [0.3, 0.4) is 0 Å². The molecule has 2 unspecified atom stereocenters. The largest absolute Gasteiger partial charge is 0.497 e. The summed E-state index contributed by atoms with van der Waals surface area (Å²) in [6.45, 7) is 3.18. The van der Waals surface area contributed by atoms with Gasteiger partial charge in [-0.15, -0.1) is 0 Å². The van der Waals surface area contributed by atoms with Crippen LogP contribution >= 0.6 is 0 Å². The van der Waals surface area contributed by atoms with Crippen LogP contribution in [0.5, 0.6) is 5.75 Å². The maximum absolute atomic E-state index is 12.9. The minimum atomic E-state index is -0.0977. The Labute approximate surface area is 136 Å². The molecular formula is C19H21NO3. The highest BCUT2D eigenvalue weighted by Crippen LogP contribution is 2.29. The first-order valence-corrected chi connectivity index (χ1v) is 7.82. The van der Waals surface area contributed by atoms with Crippen LogP contribution < -0.4 is 4.74 Å². The lowest BCUT2D eigenvalue weighted by atomic mass is 9.99. The van der Waals surface area contributed by atoms with E-state index in [9.17, 15) is 4.79 Å². The van der Waals surface area contributed by atoms with Gasteiger partial charge in [0.2, 0.25) is 0 Å². The molecule has 4 nitrogen and oxygen atoms in total. The third-order valence-corrected chi connectivity index (χ3v) is 4.27. The van der Waals surface area contributed by atoms with E-state index in [2.05, 4.69) is 0 Å². The molecule has 120 valence electrons. The summed E-state index contributed by atoms with van der Waals surface area (Å²) in [6, 6.07) is 17.3. The standard InChI is InChI=1S/C19H21NO3/c1-14-18(15-7-4-3-5-8-15)23-12-11-20(14)19(21)16-9-6-10-17(13-16)22-2/h3-10,13-14,18H,11-12H2,1-2H3. The van der Waals surface area contributed by atoms with Crippen LogP contribution in [0.25, 0.3) is 0 Å². The number of morpholine rings is 1. The lowest BCUT2D eigenvalue weighted by Gasteiger charge is -2.39. The van der Waals surface area contributed by atoms with E-state index in [0.717, 1.165) is 5.56 Å². The van der Waals surface area contributed by atoms with Crippen molar-refractivity contribution in [2.75, 3.05) is 20.3 Å². The second-order valence-corrected chi connectivity index (χ2v) is 5.67. The molecule has 0 saturated carbocycles. The van der Waals surface area contributed by atoms with Crippen molar-refractivity contribution in [3.63, 3.8) is 0 Å². The summed E-state index contributed by atoms with van der Waals surface area (Å²) >= 11 is 0. The molecule has 1 aliphatic heterocycles. The van der Waals surface area contributed by atoms with Gasteiger partial charge in [0, 0.05) is 12.1 Å². The number of hydrogen-bond donors (Lipinski definition) is 0. The minimum absolute atomic E-state index is 0.0145. The van der Waals surface area contributed by atoms with Crippen LogP contribution in [-0.4, -0.2) is 37.1 Å². The Morgan fingerprint density at radius 1 is 1.17 bits per heavy atom. The molecule has 0 aromatic heterocycles. The fraction of sp³-hybridized carbons (Fsp3) is 0.316. The van der Waals surface area contributed by atoms with Gasteiger partial charge in [-0.3, -0.25) is 4.79 Å². The summed E-state index contributed by atoms with van der Waals surface area (Å²) in [5.74, 6) is 0.706. The van der Waals surface area contributed by atoms with E-state index >= 15 is 0 Å². The quantitative estimate of drug-likeness (QED) is 0.873. The molecule has 4 heteroatoms. The van der Waals surface area contributed by atoms with Gasteiger partial charge < -0.3 is 14.4 Å². The lowest BCUT2D eigenvalue weighted by Crippen LogP contribution is -2.48. The zero-order valence-electron chi connectivity index (χ0n) is 13.4. The van der Waals surface area contributed by atoms with E-state index in [4.69, 9.17) is 9.47 Å². The molecule has 23 heavy (non-hydrogen) atoms. The second-order valence-electron chi connectivity index (χ2n) is 5.67. The first-order valence-electron chi connectivity index (χ1n) is 7.82. The zero-order chi connectivity index (χ0) is 16.2. The molecule has 1 aliphatic rings. The monoisotopic (exact) mass is 311 g/mol. The van der Waals surface area contributed by atoms with Gasteiger partial charge in [-0.25, -0.2) is 0 Å². The predicted molar refractivity (Wildman–Crippen MR) is 88.6 cm³/mol. The Hall–Kier alpha value is -2.33. The third kappa shape index (κ3) is 3.22. The molecule has 1 heterocycles. The van der Waals surface area contributed by atoms with Crippen molar-refractivity contribution in [2.24, 2.45) is 0 Å². The second kappa shape index (κ2) is 6.84. The van der Waals surface area contributed by atoms with E-state index in [0.29, 0.717) is 24.5 Å². The van der Waals surface area contributed by atoms with Gasteiger partial charge in [0.05, 0.1) is 19.8 Å². The van der Waals surface area contributed by atoms with Crippen molar-refractivity contribution < 1.29 is 14.3 Å². The molecule has 1 fully saturated rings. The minimum Gasteiger partial charge on any atom is -0.497 e. The van der Waals surface area contributed by atoms with E-state index in [1.54, 1.807) is 13.2 Å². The SMILES string of the molecule is COc1cccc(C(=O)N2CCOC(c3ccccc3)C2C)c1. The molecule has 0 radical (unpaired) electrons. The number of methoxy groups -OCH3 is 1. The van der Waals surface area contributed by atoms with E-state index in [1.807, 2.05) is 60.4 Å². The van der Waals surface area contributed by atoms with Gasteiger partial charge in [0.1, 0.15) is 11.9 Å². The molecule has 0 aliphatic carbocycles. The molecule has 2 atom stereocenters. The first kappa shape index (κ1) is 15.6. The summed E-state index contributed by atoms with van der Waals surface area (Å²) in [4.78, 5) is 14.8. The molecule has 0 bridgehead atoms. The van der Waals surface area contributed by atoms with Crippen LogP contribution in [0.15, 0.2) is 54.6 Å². The number of benzene rings is 2. The maximum atomic E-state index is 12.9. The van der Waals surface area contributed by atoms with Gasteiger partial charge in [-0.2, -0.15) is 0 Å². The van der Waals surface area contributed by atoms with Crippen LogP contribution in [0, 0.1) is 0 Å². The van der Waals surface area contributed by atoms with E-state index < -0.39 is 0 Å². The highest BCUT2D eigenvalue weighted by molar-refractivity contribution is 5.95. The molecule has 2 aromatic rings. The van der Waals surface area contributed by atoms with Gasteiger partial charge in [0.25, 0.3) is 5.91 Å². The van der Waals surface area contributed by atoms with Crippen LogP contribution in [0.4, 0.5) is 0 Å². The predicted octanol–water partition coefficient (Wildman–Crippen LogP) is 3.30. The Morgan fingerprint density at radius 3 is 2.70 bits per heavy atom. The van der Waals surface area contributed by atoms with Crippen LogP contribution in [0.2, 0.25) is 0 Å².